The van der Waals surface area contributed by atoms with Crippen molar-refractivity contribution in [3.63, 3.8) is 0 Å². The highest BCUT2D eigenvalue weighted by molar-refractivity contribution is 5.49. The number of nitrogens with one attached hydrogen (secondary N) is 1. The van der Waals surface area contributed by atoms with Gasteiger partial charge in [-0.15, -0.1) is 0 Å². The van der Waals surface area contributed by atoms with E-state index >= 15 is 0 Å². The van der Waals surface area contributed by atoms with Gasteiger partial charge in [-0.3, -0.25) is 0 Å². The predicted molar refractivity (Wildman–Crippen MR) is 85.6 cm³/mol. The van der Waals surface area contributed by atoms with Crippen LogP contribution in [0, 0.1) is 0 Å². The normalized spacial score (nSPS) is 10.5. The summed E-state index contributed by atoms with van der Waals surface area (Å²) in [4.78, 5) is 8.27. The van der Waals surface area contributed by atoms with Crippen LogP contribution in [0.1, 0.15) is 5.56 Å². The Morgan fingerprint density at radius 3 is 2.91 bits per heavy atom. The fraction of sp³-hybridized carbons (Fsp3) is 0.133. The molecule has 2 aromatic heterocycles. The maximum Gasteiger partial charge on any atom is 0.224 e. The summed E-state index contributed by atoms with van der Waals surface area (Å²) >= 11 is 0. The second kappa shape index (κ2) is 6.22. The van der Waals surface area contributed by atoms with Gasteiger partial charge in [0.05, 0.1) is 7.11 Å². The molecule has 3 aromatic rings. The lowest BCUT2D eigenvalue weighted by Crippen LogP contribution is -2.08. The van der Waals surface area contributed by atoms with E-state index in [4.69, 9.17) is 10.5 Å². The molecule has 0 bridgehead atoms. The Hall–Kier alpha value is -3.29. The van der Waals surface area contributed by atoms with Crippen molar-refractivity contribution in [2.45, 2.75) is 6.54 Å². The fourth-order valence-corrected chi connectivity index (χ4v) is 2.13. The zero-order valence-electron chi connectivity index (χ0n) is 12.5. The number of methoxy groups -OCH3 is 1. The molecule has 2 heterocycles. The minimum Gasteiger partial charge on any atom is -0.504 e. The summed E-state index contributed by atoms with van der Waals surface area (Å²) in [6.45, 7) is 0.359. The Balaban J connectivity index is 1.81. The van der Waals surface area contributed by atoms with Crippen LogP contribution < -0.4 is 15.8 Å². The van der Waals surface area contributed by atoms with E-state index in [0.717, 1.165) is 0 Å². The molecule has 1 aromatic carbocycles. The minimum absolute atomic E-state index is 0.0943. The molecule has 0 saturated heterocycles. The number of ether oxygens (including phenoxy) is 1. The zero-order valence-corrected chi connectivity index (χ0v) is 12.5. The molecule has 8 nitrogen and oxygen atoms in total. The van der Waals surface area contributed by atoms with Gasteiger partial charge in [-0.05, 0) is 12.1 Å². The highest BCUT2D eigenvalue weighted by Gasteiger charge is 2.09. The number of anilines is 2. The number of aromatic nitrogens is 4. The molecular formula is C15H16N6O2. The summed E-state index contributed by atoms with van der Waals surface area (Å²) in [7, 11) is 1.51. The topological polar surface area (TPSA) is 111 Å². The van der Waals surface area contributed by atoms with Gasteiger partial charge in [-0.25, -0.2) is 4.68 Å². The summed E-state index contributed by atoms with van der Waals surface area (Å²) in [5.41, 5.74) is 6.42. The number of hydrogen-bond donors (Lipinski definition) is 3. The third-order valence-corrected chi connectivity index (χ3v) is 3.23. The lowest BCUT2D eigenvalue weighted by Gasteiger charge is -2.11. The fourth-order valence-electron chi connectivity index (χ4n) is 2.13. The summed E-state index contributed by atoms with van der Waals surface area (Å²) in [5.74, 6) is 1.74. The molecule has 0 radical (unpaired) electrons. The largest absolute Gasteiger partial charge is 0.504 e. The summed E-state index contributed by atoms with van der Waals surface area (Å²) in [6.07, 6.45) is 3.42. The molecule has 0 unspecified atom stereocenters. The molecule has 8 heteroatoms. The van der Waals surface area contributed by atoms with Crippen LogP contribution in [0.2, 0.25) is 0 Å². The van der Waals surface area contributed by atoms with Crippen LogP contribution in [0.15, 0.2) is 42.7 Å². The molecule has 3 rings (SSSR count). The first-order valence-electron chi connectivity index (χ1n) is 6.90. The van der Waals surface area contributed by atoms with Crippen LogP contribution in [0.3, 0.4) is 0 Å². The van der Waals surface area contributed by atoms with Crippen molar-refractivity contribution in [3.8, 4) is 17.3 Å². The predicted octanol–water partition coefficient (Wildman–Crippen LogP) is 1.57. The van der Waals surface area contributed by atoms with E-state index in [1.807, 2.05) is 0 Å². The molecule has 0 aliphatic rings. The van der Waals surface area contributed by atoms with Crippen molar-refractivity contribution >= 4 is 11.8 Å². The summed E-state index contributed by atoms with van der Waals surface area (Å²) < 4.78 is 6.68. The van der Waals surface area contributed by atoms with E-state index in [9.17, 15) is 5.11 Å². The van der Waals surface area contributed by atoms with E-state index in [1.54, 1.807) is 47.4 Å². The lowest BCUT2D eigenvalue weighted by molar-refractivity contribution is 0.371. The van der Waals surface area contributed by atoms with Crippen molar-refractivity contribution in [2.75, 3.05) is 18.2 Å². The molecule has 0 spiro atoms. The first-order chi connectivity index (χ1) is 11.2. The van der Waals surface area contributed by atoms with Crippen LogP contribution >= 0.6 is 0 Å². The maximum absolute atomic E-state index is 10.1. The van der Waals surface area contributed by atoms with E-state index in [2.05, 4.69) is 20.4 Å². The van der Waals surface area contributed by atoms with Crippen LogP contribution in [0.25, 0.3) is 5.82 Å². The molecular weight excluding hydrogens is 296 g/mol. The number of phenolic OH excluding ortho intramolecular Hbond substituents is 1. The number of nitrogens with two attached hydrogens (primary N) is 1. The van der Waals surface area contributed by atoms with Crippen molar-refractivity contribution in [3.05, 3.63) is 48.3 Å². The third-order valence-electron chi connectivity index (χ3n) is 3.23. The molecule has 23 heavy (non-hydrogen) atoms. The van der Waals surface area contributed by atoms with Crippen LogP contribution in [0.4, 0.5) is 11.8 Å². The van der Waals surface area contributed by atoms with Crippen molar-refractivity contribution in [1.82, 2.24) is 19.7 Å². The third kappa shape index (κ3) is 3.15. The molecule has 0 atom stereocenters. The van der Waals surface area contributed by atoms with Gasteiger partial charge in [0.1, 0.15) is 5.82 Å². The molecule has 0 aliphatic heterocycles. The molecule has 0 aliphatic carbocycles. The standard InChI is InChI=1S/C15H16N6O2/c1-23-11-5-2-4-10(14(11)22)9-17-12-8-13(20-15(16)19-12)21-7-3-6-18-21/h2-8,22H,9H2,1H3,(H3,16,17,19,20). The molecule has 0 amide bonds. The van der Waals surface area contributed by atoms with Gasteiger partial charge in [0.2, 0.25) is 5.95 Å². The number of rotatable bonds is 5. The lowest BCUT2D eigenvalue weighted by atomic mass is 10.2. The number of nitrogens with zero attached hydrogens (tertiary/aromatic N) is 4. The summed E-state index contributed by atoms with van der Waals surface area (Å²) in [6, 6.07) is 8.81. The maximum atomic E-state index is 10.1. The Morgan fingerprint density at radius 2 is 2.17 bits per heavy atom. The molecule has 4 N–H and O–H groups in total. The highest BCUT2D eigenvalue weighted by Crippen LogP contribution is 2.29. The van der Waals surface area contributed by atoms with Crippen LogP contribution in [0.5, 0.6) is 11.5 Å². The van der Waals surface area contributed by atoms with Crippen molar-refractivity contribution in [2.24, 2.45) is 0 Å². The number of hydrogen-bond acceptors (Lipinski definition) is 7. The smallest absolute Gasteiger partial charge is 0.224 e. The Labute approximate surface area is 132 Å². The molecule has 0 saturated carbocycles. The van der Waals surface area contributed by atoms with Gasteiger partial charge < -0.3 is 20.9 Å². The van der Waals surface area contributed by atoms with Gasteiger partial charge in [0, 0.05) is 30.6 Å². The zero-order chi connectivity index (χ0) is 16.2. The molecule has 118 valence electrons. The number of para-hydroxylation sites is 1. The SMILES string of the molecule is COc1cccc(CNc2cc(-n3cccn3)nc(N)n2)c1O. The first kappa shape index (κ1) is 14.6. The first-order valence-corrected chi connectivity index (χ1v) is 6.90. The monoisotopic (exact) mass is 312 g/mol. The van der Waals surface area contributed by atoms with E-state index in [1.165, 1.54) is 7.11 Å². The van der Waals surface area contributed by atoms with Gasteiger partial charge in [-0.1, -0.05) is 12.1 Å². The van der Waals surface area contributed by atoms with Crippen molar-refractivity contribution in [1.29, 1.82) is 0 Å². The number of aromatic hydroxyl groups is 1. The Bertz CT molecular complexity index is 804. The average Bonchev–Trinajstić information content (AvgIpc) is 3.08. The van der Waals surface area contributed by atoms with E-state index in [-0.39, 0.29) is 11.7 Å². The highest BCUT2D eigenvalue weighted by atomic mass is 16.5. The van der Waals surface area contributed by atoms with Gasteiger partial charge >= 0.3 is 0 Å². The van der Waals surface area contributed by atoms with Crippen molar-refractivity contribution < 1.29 is 9.84 Å². The van der Waals surface area contributed by atoms with E-state index in [0.29, 0.717) is 29.5 Å². The number of benzene rings is 1. The van der Waals surface area contributed by atoms with Crippen LogP contribution in [-0.2, 0) is 6.54 Å². The number of phenols is 1. The van der Waals surface area contributed by atoms with Gasteiger partial charge in [0.25, 0.3) is 0 Å². The van der Waals surface area contributed by atoms with E-state index < -0.39 is 0 Å². The Morgan fingerprint density at radius 1 is 1.30 bits per heavy atom. The quantitative estimate of drug-likeness (QED) is 0.655. The van der Waals surface area contributed by atoms with Gasteiger partial charge in [-0.2, -0.15) is 15.1 Å². The number of nitrogen functional groups attached to an aromatic ring is 1. The Kier molecular flexibility index (Phi) is 3.96. The minimum atomic E-state index is 0.0943. The molecule has 0 fully saturated rings. The average molecular weight is 312 g/mol. The second-order valence-corrected chi connectivity index (χ2v) is 4.74. The second-order valence-electron chi connectivity index (χ2n) is 4.74. The van der Waals surface area contributed by atoms with Crippen LogP contribution in [-0.4, -0.2) is 32.0 Å². The van der Waals surface area contributed by atoms with Gasteiger partial charge in [0.15, 0.2) is 17.3 Å². The summed E-state index contributed by atoms with van der Waals surface area (Å²) in [5, 5.41) is 17.3.